The molecule has 2 rings (SSSR count). The fraction of sp³-hybridized carbons (Fsp3) is 1.00. The summed E-state index contributed by atoms with van der Waals surface area (Å²) in [6.07, 6.45) is 6.70. The highest BCUT2D eigenvalue weighted by Gasteiger charge is 2.47. The smallest absolute Gasteiger partial charge is 0.0357 e. The summed E-state index contributed by atoms with van der Waals surface area (Å²) < 4.78 is 0. The lowest BCUT2D eigenvalue weighted by molar-refractivity contribution is -0.0418. The van der Waals surface area contributed by atoms with Crippen molar-refractivity contribution in [2.24, 2.45) is 28.9 Å². The lowest BCUT2D eigenvalue weighted by atomic mass is 9.62. The van der Waals surface area contributed by atoms with Gasteiger partial charge in [-0.3, -0.25) is 4.90 Å². The van der Waals surface area contributed by atoms with Gasteiger partial charge in [-0.1, -0.05) is 34.6 Å². The highest BCUT2D eigenvalue weighted by atomic mass is 15.2. The molecule has 0 aromatic heterocycles. The molecule has 1 heterocycles. The van der Waals surface area contributed by atoms with E-state index in [0.29, 0.717) is 5.41 Å². The summed E-state index contributed by atoms with van der Waals surface area (Å²) in [7, 11) is 0. The Bertz CT molecular complexity index is 315. The number of piperidine rings is 1. The molecule has 0 radical (unpaired) electrons. The SMILES string of the molecule is CC(C)C1CCN(C2(CN)CCC(C)(C)CC2C)CC1. The first-order valence-corrected chi connectivity index (χ1v) is 8.76. The monoisotopic (exact) mass is 280 g/mol. The largest absolute Gasteiger partial charge is 0.329 e. The molecule has 1 aliphatic heterocycles. The summed E-state index contributed by atoms with van der Waals surface area (Å²) in [5, 5.41) is 0. The molecular weight excluding hydrogens is 244 g/mol. The van der Waals surface area contributed by atoms with Crippen molar-refractivity contribution in [3.05, 3.63) is 0 Å². The molecule has 0 bridgehead atoms. The average molecular weight is 280 g/mol. The maximum Gasteiger partial charge on any atom is 0.0357 e. The lowest BCUT2D eigenvalue weighted by Gasteiger charge is -2.55. The highest BCUT2D eigenvalue weighted by Crippen LogP contribution is 2.47. The molecule has 118 valence electrons. The lowest BCUT2D eigenvalue weighted by Crippen LogP contribution is -2.62. The molecule has 2 nitrogen and oxygen atoms in total. The van der Waals surface area contributed by atoms with Crippen LogP contribution in [0.1, 0.15) is 66.7 Å². The van der Waals surface area contributed by atoms with Crippen molar-refractivity contribution in [2.75, 3.05) is 19.6 Å². The first kappa shape index (κ1) is 16.3. The number of rotatable bonds is 3. The molecular formula is C18H36N2. The molecule has 1 saturated heterocycles. The zero-order valence-electron chi connectivity index (χ0n) is 14.4. The Hall–Kier alpha value is -0.0800. The quantitative estimate of drug-likeness (QED) is 0.849. The van der Waals surface area contributed by atoms with E-state index in [1.165, 1.54) is 45.2 Å². The fourth-order valence-electron chi connectivity index (χ4n) is 4.84. The second kappa shape index (κ2) is 5.96. The first-order valence-electron chi connectivity index (χ1n) is 8.76. The fourth-order valence-corrected chi connectivity index (χ4v) is 4.84. The molecule has 0 aromatic rings. The summed E-state index contributed by atoms with van der Waals surface area (Å²) in [4.78, 5) is 2.77. The van der Waals surface area contributed by atoms with Gasteiger partial charge in [-0.05, 0) is 68.4 Å². The maximum atomic E-state index is 6.30. The van der Waals surface area contributed by atoms with E-state index in [4.69, 9.17) is 5.73 Å². The van der Waals surface area contributed by atoms with Crippen LogP contribution in [0, 0.1) is 23.2 Å². The number of hydrogen-bond donors (Lipinski definition) is 1. The summed E-state index contributed by atoms with van der Waals surface area (Å²) in [5.74, 6) is 2.50. The van der Waals surface area contributed by atoms with E-state index < -0.39 is 0 Å². The molecule has 0 aromatic carbocycles. The van der Waals surface area contributed by atoms with Crippen LogP contribution in [-0.4, -0.2) is 30.1 Å². The second-order valence-corrected chi connectivity index (χ2v) is 8.65. The van der Waals surface area contributed by atoms with Crippen molar-refractivity contribution in [2.45, 2.75) is 72.3 Å². The van der Waals surface area contributed by atoms with Crippen LogP contribution in [-0.2, 0) is 0 Å². The number of likely N-dealkylation sites (tertiary alicyclic amines) is 1. The summed E-state index contributed by atoms with van der Waals surface area (Å²) in [5.41, 5.74) is 7.10. The number of hydrogen-bond acceptors (Lipinski definition) is 2. The Morgan fingerprint density at radius 2 is 1.75 bits per heavy atom. The van der Waals surface area contributed by atoms with Gasteiger partial charge in [0.1, 0.15) is 0 Å². The minimum absolute atomic E-state index is 0.289. The average Bonchev–Trinajstić information content (AvgIpc) is 2.39. The molecule has 0 spiro atoms. The molecule has 20 heavy (non-hydrogen) atoms. The zero-order valence-corrected chi connectivity index (χ0v) is 14.4. The zero-order chi connectivity index (χ0) is 15.0. The molecule has 2 fully saturated rings. The molecule has 2 unspecified atom stereocenters. The van der Waals surface area contributed by atoms with Gasteiger partial charge in [-0.2, -0.15) is 0 Å². The van der Waals surface area contributed by atoms with Crippen LogP contribution in [0.15, 0.2) is 0 Å². The van der Waals surface area contributed by atoms with Crippen molar-refractivity contribution < 1.29 is 0 Å². The van der Waals surface area contributed by atoms with Crippen LogP contribution in [0.25, 0.3) is 0 Å². The standard InChI is InChI=1S/C18H36N2/c1-14(2)16-6-10-20(11-7-16)18(13-19)9-8-17(4,5)12-15(18)3/h14-16H,6-13,19H2,1-5H3. The Morgan fingerprint density at radius 3 is 2.20 bits per heavy atom. The van der Waals surface area contributed by atoms with E-state index in [9.17, 15) is 0 Å². The number of nitrogens with zero attached hydrogens (tertiary/aromatic N) is 1. The Kier molecular flexibility index (Phi) is 4.86. The molecule has 2 N–H and O–H groups in total. The normalized spacial score (nSPS) is 36.5. The van der Waals surface area contributed by atoms with Crippen LogP contribution in [0.5, 0.6) is 0 Å². The van der Waals surface area contributed by atoms with Gasteiger partial charge in [0, 0.05) is 12.1 Å². The Labute approximate surface area is 126 Å². The van der Waals surface area contributed by atoms with Crippen molar-refractivity contribution >= 4 is 0 Å². The summed E-state index contributed by atoms with van der Waals surface area (Å²) >= 11 is 0. The van der Waals surface area contributed by atoms with Crippen molar-refractivity contribution in [1.29, 1.82) is 0 Å². The van der Waals surface area contributed by atoms with Gasteiger partial charge in [0.2, 0.25) is 0 Å². The topological polar surface area (TPSA) is 29.3 Å². The van der Waals surface area contributed by atoms with E-state index >= 15 is 0 Å². The van der Waals surface area contributed by atoms with Crippen molar-refractivity contribution in [3.8, 4) is 0 Å². The van der Waals surface area contributed by atoms with E-state index in [1.54, 1.807) is 0 Å². The van der Waals surface area contributed by atoms with Crippen LogP contribution < -0.4 is 5.73 Å². The van der Waals surface area contributed by atoms with Crippen LogP contribution in [0.2, 0.25) is 0 Å². The van der Waals surface area contributed by atoms with Crippen LogP contribution in [0.3, 0.4) is 0 Å². The Morgan fingerprint density at radius 1 is 1.15 bits per heavy atom. The predicted molar refractivity (Wildman–Crippen MR) is 87.7 cm³/mol. The molecule has 2 atom stereocenters. The molecule has 0 amide bonds. The minimum Gasteiger partial charge on any atom is -0.329 e. The van der Waals surface area contributed by atoms with Crippen molar-refractivity contribution in [3.63, 3.8) is 0 Å². The third kappa shape index (κ3) is 3.06. The highest BCUT2D eigenvalue weighted by molar-refractivity contribution is 5.03. The van der Waals surface area contributed by atoms with Gasteiger partial charge in [-0.25, -0.2) is 0 Å². The van der Waals surface area contributed by atoms with Crippen molar-refractivity contribution in [1.82, 2.24) is 4.90 Å². The van der Waals surface area contributed by atoms with Gasteiger partial charge in [0.15, 0.2) is 0 Å². The van der Waals surface area contributed by atoms with Gasteiger partial charge in [-0.15, -0.1) is 0 Å². The van der Waals surface area contributed by atoms with Gasteiger partial charge in [0.25, 0.3) is 0 Å². The summed E-state index contributed by atoms with van der Waals surface area (Å²) in [6, 6.07) is 0. The van der Waals surface area contributed by atoms with Crippen LogP contribution in [0.4, 0.5) is 0 Å². The Balaban J connectivity index is 2.05. The van der Waals surface area contributed by atoms with Gasteiger partial charge >= 0.3 is 0 Å². The molecule has 2 aliphatic rings. The van der Waals surface area contributed by atoms with E-state index in [2.05, 4.69) is 39.5 Å². The third-order valence-electron chi connectivity index (χ3n) is 6.48. The van der Waals surface area contributed by atoms with E-state index in [-0.39, 0.29) is 5.54 Å². The molecule has 1 saturated carbocycles. The number of nitrogens with two attached hydrogens (primary N) is 1. The molecule has 2 heteroatoms. The molecule has 1 aliphatic carbocycles. The predicted octanol–water partition coefficient (Wildman–Crippen LogP) is 3.90. The van der Waals surface area contributed by atoms with Gasteiger partial charge < -0.3 is 5.73 Å². The first-order chi connectivity index (χ1) is 9.31. The summed E-state index contributed by atoms with van der Waals surface area (Å²) in [6.45, 7) is 15.4. The van der Waals surface area contributed by atoms with Gasteiger partial charge in [0.05, 0.1) is 0 Å². The minimum atomic E-state index is 0.289. The van der Waals surface area contributed by atoms with Crippen LogP contribution >= 0.6 is 0 Å². The third-order valence-corrected chi connectivity index (χ3v) is 6.48. The second-order valence-electron chi connectivity index (χ2n) is 8.65. The van der Waals surface area contributed by atoms with E-state index in [1.807, 2.05) is 0 Å². The van der Waals surface area contributed by atoms with E-state index in [0.717, 1.165) is 24.3 Å². The maximum absolute atomic E-state index is 6.30.